The number of hydrogen-bond donors (Lipinski definition) is 1. The molecule has 1 aliphatic heterocycles. The van der Waals surface area contributed by atoms with Crippen LogP contribution in [-0.4, -0.2) is 55.4 Å². The molecule has 1 aromatic rings. The number of carbonyl (C=O) groups excluding carboxylic acids is 1. The van der Waals surface area contributed by atoms with Crippen LogP contribution in [0.5, 0.6) is 0 Å². The number of carbonyl (C=O) groups is 1. The summed E-state index contributed by atoms with van der Waals surface area (Å²) < 4.78 is 23.7. The van der Waals surface area contributed by atoms with Gasteiger partial charge in [0.25, 0.3) is 5.91 Å². The third-order valence-electron chi connectivity index (χ3n) is 3.35. The summed E-state index contributed by atoms with van der Waals surface area (Å²) in [5.41, 5.74) is 1.47. The minimum atomic E-state index is -3.27. The minimum absolute atomic E-state index is 0.214. The van der Waals surface area contributed by atoms with Gasteiger partial charge in [0.15, 0.2) is 9.84 Å². The van der Waals surface area contributed by atoms with Gasteiger partial charge < -0.3 is 10.2 Å². The lowest BCUT2D eigenvalue weighted by atomic mass is 10.1. The van der Waals surface area contributed by atoms with Crippen LogP contribution in [-0.2, 0) is 9.84 Å². The zero-order valence-corrected chi connectivity index (χ0v) is 13.8. The van der Waals surface area contributed by atoms with E-state index in [9.17, 15) is 13.2 Å². The van der Waals surface area contributed by atoms with Gasteiger partial charge >= 0.3 is 0 Å². The van der Waals surface area contributed by atoms with Gasteiger partial charge in [0, 0.05) is 42.1 Å². The van der Waals surface area contributed by atoms with E-state index in [2.05, 4.69) is 5.32 Å². The summed E-state index contributed by atoms with van der Waals surface area (Å²) in [5, 5.41) is 2.44. The summed E-state index contributed by atoms with van der Waals surface area (Å²) in [7, 11) is -3.27. The smallest absolute Gasteiger partial charge is 0.254 e. The van der Waals surface area contributed by atoms with Gasteiger partial charge in [-0.3, -0.25) is 4.79 Å². The van der Waals surface area contributed by atoms with Gasteiger partial charge in [-0.15, -0.1) is 0 Å². The molecule has 0 radical (unpaired) electrons. The Bertz CT molecular complexity index is 599. The van der Waals surface area contributed by atoms with Crippen LogP contribution in [0.1, 0.15) is 17.3 Å². The standard InChI is InChI=1S/C14H20N2O3S2/c1-3-15-12-6-4-11(5-7-12)14(17)16-8-9-20-10-13(16)21(2,18)19/h4-7,13,15H,3,8-10H2,1-2H3. The molecule has 1 saturated heterocycles. The summed E-state index contributed by atoms with van der Waals surface area (Å²) in [6, 6.07) is 7.15. The minimum Gasteiger partial charge on any atom is -0.385 e. The van der Waals surface area contributed by atoms with Gasteiger partial charge in [-0.05, 0) is 31.2 Å². The van der Waals surface area contributed by atoms with Crippen molar-refractivity contribution in [3.63, 3.8) is 0 Å². The number of nitrogens with one attached hydrogen (secondary N) is 1. The Morgan fingerprint density at radius 1 is 1.38 bits per heavy atom. The van der Waals surface area contributed by atoms with Gasteiger partial charge in [-0.25, -0.2) is 8.42 Å². The van der Waals surface area contributed by atoms with Crippen molar-refractivity contribution in [2.45, 2.75) is 12.3 Å². The van der Waals surface area contributed by atoms with Crippen molar-refractivity contribution < 1.29 is 13.2 Å². The largest absolute Gasteiger partial charge is 0.385 e. The predicted molar refractivity (Wildman–Crippen MR) is 87.6 cm³/mol. The Kier molecular flexibility index (Phi) is 5.16. The molecule has 0 aliphatic carbocycles. The lowest BCUT2D eigenvalue weighted by Gasteiger charge is -2.34. The van der Waals surface area contributed by atoms with E-state index in [1.807, 2.05) is 19.1 Å². The van der Waals surface area contributed by atoms with Crippen molar-refractivity contribution in [2.24, 2.45) is 0 Å². The van der Waals surface area contributed by atoms with Gasteiger partial charge in [-0.2, -0.15) is 11.8 Å². The highest BCUT2D eigenvalue weighted by Gasteiger charge is 2.34. The number of benzene rings is 1. The summed E-state index contributed by atoms with van der Waals surface area (Å²) in [4.78, 5) is 14.0. The van der Waals surface area contributed by atoms with Crippen molar-refractivity contribution >= 4 is 33.2 Å². The molecule has 1 aliphatic rings. The van der Waals surface area contributed by atoms with E-state index in [-0.39, 0.29) is 5.91 Å². The molecule has 1 fully saturated rings. The van der Waals surface area contributed by atoms with Gasteiger partial charge in [-0.1, -0.05) is 0 Å². The highest BCUT2D eigenvalue weighted by atomic mass is 32.2. The molecule has 1 aromatic carbocycles. The maximum atomic E-state index is 12.6. The number of sulfone groups is 1. The van der Waals surface area contributed by atoms with Crippen LogP contribution in [0.15, 0.2) is 24.3 Å². The molecular weight excluding hydrogens is 308 g/mol. The van der Waals surface area contributed by atoms with E-state index in [1.54, 1.807) is 23.9 Å². The van der Waals surface area contributed by atoms with Crippen molar-refractivity contribution in [3.05, 3.63) is 29.8 Å². The molecule has 5 nitrogen and oxygen atoms in total. The van der Waals surface area contributed by atoms with E-state index in [1.165, 1.54) is 11.2 Å². The zero-order chi connectivity index (χ0) is 15.5. The molecule has 1 heterocycles. The molecule has 1 N–H and O–H groups in total. The van der Waals surface area contributed by atoms with Crippen LogP contribution >= 0.6 is 11.8 Å². The van der Waals surface area contributed by atoms with Crippen LogP contribution in [0.3, 0.4) is 0 Å². The molecule has 0 spiro atoms. The number of amides is 1. The summed E-state index contributed by atoms with van der Waals surface area (Å²) >= 11 is 1.57. The molecule has 0 aromatic heterocycles. The number of nitrogens with zero attached hydrogens (tertiary/aromatic N) is 1. The fourth-order valence-electron chi connectivity index (χ4n) is 2.27. The van der Waals surface area contributed by atoms with Crippen LogP contribution < -0.4 is 5.32 Å². The molecule has 1 unspecified atom stereocenters. The van der Waals surface area contributed by atoms with E-state index in [0.717, 1.165) is 18.0 Å². The summed E-state index contributed by atoms with van der Waals surface area (Å²) in [6.45, 7) is 3.28. The zero-order valence-electron chi connectivity index (χ0n) is 12.2. The fraction of sp³-hybridized carbons (Fsp3) is 0.500. The second-order valence-corrected chi connectivity index (χ2v) is 8.32. The Labute approximate surface area is 130 Å². The van der Waals surface area contributed by atoms with Crippen LogP contribution in [0, 0.1) is 0 Å². The third kappa shape index (κ3) is 3.91. The monoisotopic (exact) mass is 328 g/mol. The molecule has 21 heavy (non-hydrogen) atoms. The average molecular weight is 328 g/mol. The SMILES string of the molecule is CCNc1ccc(C(=O)N2CCSCC2S(C)(=O)=O)cc1. The van der Waals surface area contributed by atoms with Crippen molar-refractivity contribution in [2.75, 3.05) is 36.2 Å². The quantitative estimate of drug-likeness (QED) is 0.911. The molecule has 2 rings (SSSR count). The first-order valence-corrected chi connectivity index (χ1v) is 9.96. The summed E-state index contributed by atoms with van der Waals surface area (Å²) in [6.07, 6.45) is 1.19. The maximum Gasteiger partial charge on any atom is 0.254 e. The van der Waals surface area contributed by atoms with Crippen molar-refractivity contribution in [1.82, 2.24) is 4.90 Å². The van der Waals surface area contributed by atoms with Gasteiger partial charge in [0.05, 0.1) is 0 Å². The second-order valence-electron chi connectivity index (χ2n) is 4.97. The van der Waals surface area contributed by atoms with E-state index in [0.29, 0.717) is 17.9 Å². The number of anilines is 1. The average Bonchev–Trinajstić information content (AvgIpc) is 2.47. The maximum absolute atomic E-state index is 12.6. The molecule has 1 amide bonds. The molecule has 116 valence electrons. The first-order chi connectivity index (χ1) is 9.93. The summed E-state index contributed by atoms with van der Waals surface area (Å²) in [5.74, 6) is 1.00. The Morgan fingerprint density at radius 3 is 2.62 bits per heavy atom. The Balaban J connectivity index is 2.20. The highest BCUT2D eigenvalue weighted by molar-refractivity contribution is 8.00. The fourth-order valence-corrected chi connectivity index (χ4v) is 5.08. The van der Waals surface area contributed by atoms with Crippen molar-refractivity contribution in [1.29, 1.82) is 0 Å². The Morgan fingerprint density at radius 2 is 2.05 bits per heavy atom. The molecular formula is C14H20N2O3S2. The van der Waals surface area contributed by atoms with Gasteiger partial charge in [0.1, 0.15) is 5.37 Å². The van der Waals surface area contributed by atoms with Crippen LogP contribution in [0.2, 0.25) is 0 Å². The second kappa shape index (κ2) is 6.70. The lowest BCUT2D eigenvalue weighted by molar-refractivity contribution is 0.0749. The molecule has 0 saturated carbocycles. The first-order valence-electron chi connectivity index (χ1n) is 6.85. The van der Waals surface area contributed by atoms with Crippen LogP contribution in [0.25, 0.3) is 0 Å². The topological polar surface area (TPSA) is 66.5 Å². The Hall–Kier alpha value is -1.21. The van der Waals surface area contributed by atoms with E-state index < -0.39 is 15.2 Å². The van der Waals surface area contributed by atoms with Gasteiger partial charge in [0.2, 0.25) is 0 Å². The lowest BCUT2D eigenvalue weighted by Crippen LogP contribution is -2.49. The predicted octanol–water partition coefficient (Wildman–Crippen LogP) is 1.68. The highest BCUT2D eigenvalue weighted by Crippen LogP contribution is 2.23. The number of hydrogen-bond acceptors (Lipinski definition) is 5. The van der Waals surface area contributed by atoms with E-state index in [4.69, 9.17) is 0 Å². The van der Waals surface area contributed by atoms with Crippen molar-refractivity contribution in [3.8, 4) is 0 Å². The first kappa shape index (κ1) is 16.2. The molecule has 1 atom stereocenters. The number of rotatable bonds is 4. The van der Waals surface area contributed by atoms with E-state index >= 15 is 0 Å². The molecule has 7 heteroatoms. The molecule has 0 bridgehead atoms. The normalized spacial score (nSPS) is 19.3. The number of thioether (sulfide) groups is 1. The van der Waals surface area contributed by atoms with Crippen LogP contribution in [0.4, 0.5) is 5.69 Å². The third-order valence-corrected chi connectivity index (χ3v) is 6.00.